The number of halogens is 2. The molecule has 10 heavy (non-hydrogen) atoms. The van der Waals surface area contributed by atoms with E-state index in [1.165, 1.54) is 0 Å². The highest BCUT2D eigenvalue weighted by Crippen LogP contribution is 2.09. The molecule has 2 nitrogen and oxygen atoms in total. The molecular formula is C6H6BrClN2. The summed E-state index contributed by atoms with van der Waals surface area (Å²) in [5, 5.41) is 0. The second kappa shape index (κ2) is 3.30. The summed E-state index contributed by atoms with van der Waals surface area (Å²) in [6.45, 7) is 1.91. The number of aromatic nitrogens is 2. The lowest BCUT2D eigenvalue weighted by Crippen LogP contribution is -1.92. The van der Waals surface area contributed by atoms with Crippen LogP contribution in [-0.2, 0) is 5.88 Å². The molecule has 0 aliphatic heterocycles. The molecule has 0 aliphatic carbocycles. The van der Waals surface area contributed by atoms with Crippen molar-refractivity contribution in [3.63, 3.8) is 0 Å². The Morgan fingerprint density at radius 3 is 2.90 bits per heavy atom. The number of nitrogens with zero attached hydrogens (tertiary/aromatic N) is 2. The summed E-state index contributed by atoms with van der Waals surface area (Å²) in [7, 11) is 0. The molecule has 0 saturated carbocycles. The zero-order chi connectivity index (χ0) is 7.56. The Morgan fingerprint density at radius 1 is 1.70 bits per heavy atom. The van der Waals surface area contributed by atoms with Crippen molar-refractivity contribution in [2.75, 3.05) is 0 Å². The predicted molar refractivity (Wildman–Crippen MR) is 44.0 cm³/mol. The van der Waals surface area contributed by atoms with E-state index in [2.05, 4.69) is 25.9 Å². The minimum absolute atomic E-state index is 0.471. The summed E-state index contributed by atoms with van der Waals surface area (Å²) in [5.74, 6) is 0.471. The smallest absolute Gasteiger partial charge is 0.196 e. The predicted octanol–water partition coefficient (Wildman–Crippen LogP) is 2.29. The van der Waals surface area contributed by atoms with E-state index in [1.807, 2.05) is 6.92 Å². The zero-order valence-electron chi connectivity index (χ0n) is 5.43. The second-order valence-electron chi connectivity index (χ2n) is 1.88. The fourth-order valence-corrected chi connectivity index (χ4v) is 1.23. The van der Waals surface area contributed by atoms with Gasteiger partial charge in [-0.3, -0.25) is 0 Å². The molecule has 0 aromatic carbocycles. The highest BCUT2D eigenvalue weighted by molar-refractivity contribution is 9.10. The van der Waals surface area contributed by atoms with Crippen LogP contribution >= 0.6 is 27.5 Å². The number of rotatable bonds is 1. The van der Waals surface area contributed by atoms with Gasteiger partial charge >= 0.3 is 0 Å². The first kappa shape index (κ1) is 7.95. The van der Waals surface area contributed by atoms with Crippen LogP contribution in [0.2, 0.25) is 0 Å². The molecule has 0 fully saturated rings. The molecule has 1 rings (SSSR count). The molecule has 0 radical (unpaired) electrons. The Labute approximate surface area is 72.8 Å². The molecule has 4 heteroatoms. The van der Waals surface area contributed by atoms with Crippen LogP contribution in [0, 0.1) is 6.92 Å². The van der Waals surface area contributed by atoms with Crippen molar-refractivity contribution < 1.29 is 0 Å². The van der Waals surface area contributed by atoms with E-state index in [4.69, 9.17) is 11.6 Å². The van der Waals surface area contributed by atoms with Gasteiger partial charge in [0.05, 0.1) is 5.88 Å². The summed E-state index contributed by atoms with van der Waals surface area (Å²) in [6, 6.07) is 0. The van der Waals surface area contributed by atoms with E-state index in [9.17, 15) is 0 Å². The molecule has 0 saturated heterocycles. The lowest BCUT2D eigenvalue weighted by molar-refractivity contribution is 1.01. The van der Waals surface area contributed by atoms with Crippen LogP contribution in [0.3, 0.4) is 0 Å². The van der Waals surface area contributed by atoms with Gasteiger partial charge in [0, 0.05) is 17.5 Å². The van der Waals surface area contributed by atoms with Crippen LogP contribution in [0.15, 0.2) is 10.9 Å². The maximum Gasteiger partial charge on any atom is 0.196 e. The molecule has 0 unspecified atom stereocenters. The number of hydrogen-bond acceptors (Lipinski definition) is 2. The maximum atomic E-state index is 5.59. The monoisotopic (exact) mass is 220 g/mol. The molecule has 1 heterocycles. The van der Waals surface area contributed by atoms with Crippen molar-refractivity contribution in [1.82, 2.24) is 9.97 Å². The lowest BCUT2D eigenvalue weighted by Gasteiger charge is -1.98. The Kier molecular flexibility index (Phi) is 2.63. The molecule has 0 spiro atoms. The van der Waals surface area contributed by atoms with Gasteiger partial charge in [-0.15, -0.1) is 11.6 Å². The van der Waals surface area contributed by atoms with Gasteiger partial charge in [0.1, 0.15) is 0 Å². The minimum Gasteiger partial charge on any atom is -0.230 e. The molecule has 0 bridgehead atoms. The molecule has 1 aromatic rings. The van der Waals surface area contributed by atoms with Gasteiger partial charge in [-0.25, -0.2) is 9.97 Å². The van der Waals surface area contributed by atoms with Gasteiger partial charge in [-0.1, -0.05) is 0 Å². The van der Waals surface area contributed by atoms with Crippen LogP contribution in [0.5, 0.6) is 0 Å². The highest BCUT2D eigenvalue weighted by Gasteiger charge is 1.98. The van der Waals surface area contributed by atoms with Crippen LogP contribution in [-0.4, -0.2) is 9.97 Å². The molecule has 1 aromatic heterocycles. The highest BCUT2D eigenvalue weighted by atomic mass is 79.9. The topological polar surface area (TPSA) is 25.8 Å². The van der Waals surface area contributed by atoms with Gasteiger partial charge in [-0.05, 0) is 22.9 Å². The number of aryl methyl sites for hydroxylation is 1. The standard InChI is InChI=1S/C6H6BrClN2/c1-4-5(2-8)3-9-6(7)10-4/h3H,2H2,1H3. The average Bonchev–Trinajstić information content (AvgIpc) is 1.88. The summed E-state index contributed by atoms with van der Waals surface area (Å²) < 4.78 is 0.610. The van der Waals surface area contributed by atoms with Crippen molar-refractivity contribution in [1.29, 1.82) is 0 Å². The number of hydrogen-bond donors (Lipinski definition) is 0. The van der Waals surface area contributed by atoms with Gasteiger partial charge in [0.15, 0.2) is 4.73 Å². The SMILES string of the molecule is Cc1nc(Br)ncc1CCl. The Bertz CT molecular complexity index is 239. The van der Waals surface area contributed by atoms with Crippen LogP contribution < -0.4 is 0 Å². The third-order valence-corrected chi connectivity index (χ3v) is 1.87. The third kappa shape index (κ3) is 1.67. The Balaban J connectivity index is 3.07. The first-order valence-electron chi connectivity index (χ1n) is 2.78. The largest absolute Gasteiger partial charge is 0.230 e. The second-order valence-corrected chi connectivity index (χ2v) is 2.86. The summed E-state index contributed by atoms with van der Waals surface area (Å²) in [5.41, 5.74) is 1.90. The molecule has 0 N–H and O–H groups in total. The third-order valence-electron chi connectivity index (χ3n) is 1.20. The minimum atomic E-state index is 0.471. The fraction of sp³-hybridized carbons (Fsp3) is 0.333. The average molecular weight is 221 g/mol. The molecule has 0 atom stereocenters. The Morgan fingerprint density at radius 2 is 2.40 bits per heavy atom. The summed E-state index contributed by atoms with van der Waals surface area (Å²) in [4.78, 5) is 8.00. The van der Waals surface area contributed by atoms with Gasteiger partial charge < -0.3 is 0 Å². The first-order valence-corrected chi connectivity index (χ1v) is 4.11. The fourth-order valence-electron chi connectivity index (χ4n) is 0.595. The van der Waals surface area contributed by atoms with Gasteiger partial charge in [-0.2, -0.15) is 0 Å². The van der Waals surface area contributed by atoms with Crippen molar-refractivity contribution in [3.8, 4) is 0 Å². The molecule has 0 amide bonds. The quantitative estimate of drug-likeness (QED) is 0.537. The molecular weight excluding hydrogens is 215 g/mol. The molecule has 0 aliphatic rings. The van der Waals surface area contributed by atoms with E-state index < -0.39 is 0 Å². The van der Waals surface area contributed by atoms with Gasteiger partial charge in [0.25, 0.3) is 0 Å². The van der Waals surface area contributed by atoms with Crippen LogP contribution in [0.1, 0.15) is 11.3 Å². The van der Waals surface area contributed by atoms with E-state index >= 15 is 0 Å². The van der Waals surface area contributed by atoms with Gasteiger partial charge in [0.2, 0.25) is 0 Å². The number of alkyl halides is 1. The van der Waals surface area contributed by atoms with Crippen molar-refractivity contribution >= 4 is 27.5 Å². The van der Waals surface area contributed by atoms with Crippen molar-refractivity contribution in [2.24, 2.45) is 0 Å². The van der Waals surface area contributed by atoms with Crippen LogP contribution in [0.4, 0.5) is 0 Å². The van der Waals surface area contributed by atoms with Crippen molar-refractivity contribution in [3.05, 3.63) is 22.2 Å². The lowest BCUT2D eigenvalue weighted by atomic mass is 10.3. The van der Waals surface area contributed by atoms with E-state index in [1.54, 1.807) is 6.20 Å². The zero-order valence-corrected chi connectivity index (χ0v) is 7.78. The van der Waals surface area contributed by atoms with E-state index in [0.717, 1.165) is 11.3 Å². The van der Waals surface area contributed by atoms with E-state index in [0.29, 0.717) is 10.6 Å². The molecule has 54 valence electrons. The Hall–Kier alpha value is -0.150. The van der Waals surface area contributed by atoms with E-state index in [-0.39, 0.29) is 0 Å². The van der Waals surface area contributed by atoms with Crippen LogP contribution in [0.25, 0.3) is 0 Å². The first-order chi connectivity index (χ1) is 4.74. The summed E-state index contributed by atoms with van der Waals surface area (Å²) in [6.07, 6.45) is 1.72. The normalized spacial score (nSPS) is 9.90. The summed E-state index contributed by atoms with van der Waals surface area (Å²) >= 11 is 8.75. The van der Waals surface area contributed by atoms with Crippen molar-refractivity contribution in [2.45, 2.75) is 12.8 Å². The maximum absolute atomic E-state index is 5.59.